The van der Waals surface area contributed by atoms with Crippen LogP contribution in [0, 0.1) is 6.92 Å². The first kappa shape index (κ1) is 10.1. The number of carbonyl (C=O) groups is 1. The van der Waals surface area contributed by atoms with Gasteiger partial charge in [0.2, 0.25) is 0 Å². The van der Waals surface area contributed by atoms with Crippen molar-refractivity contribution in [2.75, 3.05) is 7.11 Å². The van der Waals surface area contributed by atoms with Crippen LogP contribution in [0.1, 0.15) is 23.0 Å². The van der Waals surface area contributed by atoms with E-state index in [9.17, 15) is 4.79 Å². The molecular weight excluding hydrogens is 190 g/mol. The standard InChI is InChI=1S/C7H11N3O2S/c1-4-7(13-10-9-4)5(8)3-6(11)12-2/h5H,3,8H2,1-2H3/t5-/m1/s1. The molecule has 0 aromatic carbocycles. The summed E-state index contributed by atoms with van der Waals surface area (Å²) in [4.78, 5) is 11.7. The monoisotopic (exact) mass is 201 g/mol. The Hall–Kier alpha value is -1.01. The molecule has 1 heterocycles. The molecule has 13 heavy (non-hydrogen) atoms. The van der Waals surface area contributed by atoms with Crippen LogP contribution in [-0.4, -0.2) is 22.7 Å². The van der Waals surface area contributed by atoms with E-state index < -0.39 is 0 Å². The maximum absolute atomic E-state index is 10.9. The van der Waals surface area contributed by atoms with Crippen molar-refractivity contribution >= 4 is 17.5 Å². The number of carbonyl (C=O) groups excluding carboxylic acids is 1. The number of ether oxygens (including phenoxy) is 1. The molecule has 2 N–H and O–H groups in total. The summed E-state index contributed by atoms with van der Waals surface area (Å²) in [5.41, 5.74) is 6.53. The highest BCUT2D eigenvalue weighted by molar-refractivity contribution is 7.05. The number of rotatable bonds is 3. The average molecular weight is 201 g/mol. The van der Waals surface area contributed by atoms with Gasteiger partial charge in [-0.05, 0) is 18.5 Å². The first-order valence-corrected chi connectivity index (χ1v) is 4.53. The van der Waals surface area contributed by atoms with Gasteiger partial charge in [-0.25, -0.2) is 0 Å². The molecule has 0 aliphatic rings. The van der Waals surface area contributed by atoms with Gasteiger partial charge in [-0.1, -0.05) is 4.49 Å². The first-order valence-electron chi connectivity index (χ1n) is 3.76. The SMILES string of the molecule is COC(=O)C[C@@H](N)c1snnc1C. The predicted molar refractivity (Wildman–Crippen MR) is 48.2 cm³/mol. The quantitative estimate of drug-likeness (QED) is 0.716. The van der Waals surface area contributed by atoms with Gasteiger partial charge in [0.15, 0.2) is 0 Å². The fourth-order valence-electron chi connectivity index (χ4n) is 0.933. The van der Waals surface area contributed by atoms with E-state index in [4.69, 9.17) is 5.73 Å². The molecule has 0 aliphatic heterocycles. The van der Waals surface area contributed by atoms with Crippen LogP contribution in [0.4, 0.5) is 0 Å². The molecule has 1 rings (SSSR count). The third kappa shape index (κ3) is 2.46. The maximum Gasteiger partial charge on any atom is 0.307 e. The smallest absolute Gasteiger partial charge is 0.307 e. The van der Waals surface area contributed by atoms with Gasteiger partial charge in [0.25, 0.3) is 0 Å². The molecule has 0 saturated heterocycles. The molecule has 0 spiro atoms. The Morgan fingerprint density at radius 3 is 2.92 bits per heavy atom. The summed E-state index contributed by atoms with van der Waals surface area (Å²) < 4.78 is 8.24. The molecule has 1 aromatic rings. The van der Waals surface area contributed by atoms with Gasteiger partial charge in [-0.2, -0.15) is 0 Å². The van der Waals surface area contributed by atoms with Crippen molar-refractivity contribution in [2.24, 2.45) is 5.73 Å². The van der Waals surface area contributed by atoms with E-state index in [1.165, 1.54) is 18.6 Å². The third-order valence-corrected chi connectivity index (χ3v) is 2.60. The second-order valence-electron chi connectivity index (χ2n) is 2.61. The Morgan fingerprint density at radius 2 is 2.46 bits per heavy atom. The Morgan fingerprint density at radius 1 is 1.77 bits per heavy atom. The molecule has 0 bridgehead atoms. The van der Waals surface area contributed by atoms with E-state index in [1.54, 1.807) is 0 Å². The van der Waals surface area contributed by atoms with Crippen molar-refractivity contribution in [1.82, 2.24) is 9.59 Å². The predicted octanol–water partition coefficient (Wildman–Crippen LogP) is 0.409. The van der Waals surface area contributed by atoms with Crippen LogP contribution in [0.3, 0.4) is 0 Å². The molecule has 1 atom stereocenters. The van der Waals surface area contributed by atoms with E-state index >= 15 is 0 Å². The Bertz CT molecular complexity index is 300. The van der Waals surface area contributed by atoms with E-state index in [0.29, 0.717) is 0 Å². The van der Waals surface area contributed by atoms with Crippen LogP contribution in [0.2, 0.25) is 0 Å². The van der Waals surface area contributed by atoms with Gasteiger partial charge in [0.1, 0.15) is 0 Å². The van der Waals surface area contributed by atoms with Gasteiger partial charge < -0.3 is 10.5 Å². The lowest BCUT2D eigenvalue weighted by Crippen LogP contribution is -2.16. The minimum absolute atomic E-state index is 0.168. The molecule has 1 aromatic heterocycles. The second kappa shape index (κ2) is 4.29. The minimum atomic E-state index is -0.354. The summed E-state index contributed by atoms with van der Waals surface area (Å²) in [5, 5.41) is 3.81. The van der Waals surface area contributed by atoms with Gasteiger partial charge in [0, 0.05) is 0 Å². The zero-order valence-electron chi connectivity index (χ0n) is 7.48. The van der Waals surface area contributed by atoms with Gasteiger partial charge in [0.05, 0.1) is 30.1 Å². The molecule has 6 heteroatoms. The molecule has 0 fully saturated rings. The normalized spacial score (nSPS) is 12.5. The van der Waals surface area contributed by atoms with Crippen LogP contribution >= 0.6 is 11.5 Å². The van der Waals surface area contributed by atoms with E-state index in [-0.39, 0.29) is 18.4 Å². The third-order valence-electron chi connectivity index (χ3n) is 1.64. The second-order valence-corrected chi connectivity index (χ2v) is 3.40. The Labute approximate surface area is 80.1 Å². The van der Waals surface area contributed by atoms with Crippen LogP contribution in [0.15, 0.2) is 0 Å². The summed E-state index contributed by atoms with van der Waals surface area (Å²) in [6.07, 6.45) is 0.168. The lowest BCUT2D eigenvalue weighted by molar-refractivity contribution is -0.141. The number of esters is 1. The number of methoxy groups -OCH3 is 1. The number of hydrogen-bond acceptors (Lipinski definition) is 6. The van der Waals surface area contributed by atoms with Crippen LogP contribution in [0.25, 0.3) is 0 Å². The van der Waals surface area contributed by atoms with Crippen molar-refractivity contribution in [3.8, 4) is 0 Å². The summed E-state index contributed by atoms with van der Waals surface area (Å²) in [6, 6.07) is -0.354. The van der Waals surface area contributed by atoms with Crippen LogP contribution < -0.4 is 5.73 Å². The lowest BCUT2D eigenvalue weighted by atomic mass is 10.1. The number of aryl methyl sites for hydroxylation is 1. The average Bonchev–Trinajstić information content (AvgIpc) is 2.51. The summed E-state index contributed by atoms with van der Waals surface area (Å²) >= 11 is 1.22. The summed E-state index contributed by atoms with van der Waals surface area (Å²) in [5.74, 6) is -0.319. The molecule has 0 saturated carbocycles. The van der Waals surface area contributed by atoms with E-state index in [0.717, 1.165) is 10.6 Å². The molecule has 0 amide bonds. The van der Waals surface area contributed by atoms with E-state index in [2.05, 4.69) is 14.3 Å². The number of nitrogens with two attached hydrogens (primary N) is 1. The zero-order chi connectivity index (χ0) is 9.84. The largest absolute Gasteiger partial charge is 0.469 e. The van der Waals surface area contributed by atoms with Crippen molar-refractivity contribution in [3.05, 3.63) is 10.6 Å². The highest BCUT2D eigenvalue weighted by Gasteiger charge is 2.16. The van der Waals surface area contributed by atoms with Gasteiger partial charge in [-0.3, -0.25) is 4.79 Å². The maximum atomic E-state index is 10.9. The van der Waals surface area contributed by atoms with Crippen LogP contribution in [0.5, 0.6) is 0 Å². The van der Waals surface area contributed by atoms with Gasteiger partial charge in [-0.15, -0.1) is 5.10 Å². The molecular formula is C7H11N3O2S. The molecule has 5 nitrogen and oxygen atoms in total. The fourth-order valence-corrected chi connectivity index (χ4v) is 1.58. The summed E-state index contributed by atoms with van der Waals surface area (Å²) in [7, 11) is 1.34. The first-order chi connectivity index (χ1) is 6.15. The van der Waals surface area contributed by atoms with Gasteiger partial charge >= 0.3 is 5.97 Å². The topological polar surface area (TPSA) is 78.1 Å². The summed E-state index contributed by atoms with van der Waals surface area (Å²) in [6.45, 7) is 1.82. The zero-order valence-corrected chi connectivity index (χ0v) is 8.30. The number of aromatic nitrogens is 2. The highest BCUT2D eigenvalue weighted by Crippen LogP contribution is 2.20. The van der Waals surface area contributed by atoms with Crippen LogP contribution in [-0.2, 0) is 9.53 Å². The minimum Gasteiger partial charge on any atom is -0.469 e. The Balaban J connectivity index is 2.63. The lowest BCUT2D eigenvalue weighted by Gasteiger charge is -2.06. The molecule has 0 aliphatic carbocycles. The highest BCUT2D eigenvalue weighted by atomic mass is 32.1. The van der Waals surface area contributed by atoms with Crippen molar-refractivity contribution in [2.45, 2.75) is 19.4 Å². The number of nitrogens with zero attached hydrogens (tertiary/aromatic N) is 2. The van der Waals surface area contributed by atoms with Crippen molar-refractivity contribution < 1.29 is 9.53 Å². The Kier molecular flexibility index (Phi) is 3.32. The molecule has 0 radical (unpaired) electrons. The number of hydrogen-bond donors (Lipinski definition) is 1. The van der Waals surface area contributed by atoms with Crippen molar-refractivity contribution in [3.63, 3.8) is 0 Å². The van der Waals surface area contributed by atoms with E-state index in [1.807, 2.05) is 6.92 Å². The fraction of sp³-hybridized carbons (Fsp3) is 0.571. The molecule has 72 valence electrons. The molecule has 0 unspecified atom stereocenters. The van der Waals surface area contributed by atoms with Crippen molar-refractivity contribution in [1.29, 1.82) is 0 Å².